The molecule has 1 spiro atoms. The Balaban J connectivity index is 1.46. The number of amidine groups is 1. The van der Waals surface area contributed by atoms with Crippen LogP contribution in [-0.2, 0) is 16.6 Å². The molecule has 2 aromatic rings. The lowest BCUT2D eigenvalue weighted by Crippen LogP contribution is -2.64. The molecule has 0 amide bonds. The quantitative estimate of drug-likeness (QED) is 0.743. The van der Waals surface area contributed by atoms with E-state index in [4.69, 9.17) is 9.73 Å². The highest BCUT2D eigenvalue weighted by molar-refractivity contribution is 7.89. The smallest absolute Gasteiger partial charge is 0.243 e. The zero-order valence-electron chi connectivity index (χ0n) is 18.1. The molecule has 2 heterocycles. The van der Waals surface area contributed by atoms with E-state index in [0.717, 1.165) is 29.3 Å². The molecule has 4 rings (SSSR count). The van der Waals surface area contributed by atoms with Crippen LogP contribution in [0.5, 0.6) is 5.75 Å². The van der Waals surface area contributed by atoms with E-state index in [0.29, 0.717) is 43.9 Å². The molecule has 166 valence electrons. The minimum absolute atomic E-state index is 0.311. The number of piperidine rings is 1. The summed E-state index contributed by atoms with van der Waals surface area (Å²) in [5.74, 6) is 1.75. The van der Waals surface area contributed by atoms with Crippen LogP contribution in [0.15, 0.2) is 58.4 Å². The van der Waals surface area contributed by atoms with Gasteiger partial charge in [0.2, 0.25) is 10.0 Å². The van der Waals surface area contributed by atoms with Crippen molar-refractivity contribution in [3.05, 3.63) is 59.7 Å². The molecule has 0 atom stereocenters. The fourth-order valence-corrected chi connectivity index (χ4v) is 6.06. The molecule has 1 fully saturated rings. The fraction of sp³-hybridized carbons (Fsp3) is 0.435. The van der Waals surface area contributed by atoms with Gasteiger partial charge in [-0.3, -0.25) is 4.99 Å². The first-order valence-corrected chi connectivity index (χ1v) is 12.1. The van der Waals surface area contributed by atoms with E-state index >= 15 is 0 Å². The van der Waals surface area contributed by atoms with Gasteiger partial charge < -0.3 is 15.4 Å². The number of nitrogens with one attached hydrogen (secondary N) is 2. The van der Waals surface area contributed by atoms with E-state index < -0.39 is 10.0 Å². The number of nitrogens with zero attached hydrogens (tertiary/aromatic N) is 2. The molecule has 0 bridgehead atoms. The van der Waals surface area contributed by atoms with Crippen LogP contribution in [0.4, 0.5) is 0 Å². The van der Waals surface area contributed by atoms with Gasteiger partial charge in [-0.1, -0.05) is 30.3 Å². The Hall–Kier alpha value is -2.42. The van der Waals surface area contributed by atoms with Crippen LogP contribution >= 0.6 is 0 Å². The number of sulfonamides is 1. The minimum atomic E-state index is -3.50. The molecule has 0 saturated carbocycles. The number of aliphatic imine (C=N–C) groups is 1. The monoisotopic (exact) mass is 442 g/mol. The summed E-state index contributed by atoms with van der Waals surface area (Å²) >= 11 is 0. The van der Waals surface area contributed by atoms with E-state index in [-0.39, 0.29) is 5.54 Å². The van der Waals surface area contributed by atoms with Crippen molar-refractivity contribution in [2.24, 2.45) is 4.99 Å². The third-order valence-electron chi connectivity index (χ3n) is 6.18. The van der Waals surface area contributed by atoms with Gasteiger partial charge in [0.25, 0.3) is 0 Å². The van der Waals surface area contributed by atoms with Crippen molar-refractivity contribution in [3.8, 4) is 5.75 Å². The summed E-state index contributed by atoms with van der Waals surface area (Å²) in [6.07, 6.45) is 1.37. The SMILES string of the molecule is COc1cccc(CNC2=NCCNC23CCN(S(=O)(=O)c2ccccc2C)CC3)c1. The zero-order chi connectivity index (χ0) is 21.9. The van der Waals surface area contributed by atoms with Crippen LogP contribution in [0, 0.1) is 6.92 Å². The summed E-state index contributed by atoms with van der Waals surface area (Å²) in [6, 6.07) is 15.1. The molecule has 2 aliphatic heterocycles. The Labute approximate surface area is 184 Å². The van der Waals surface area contributed by atoms with Crippen molar-refractivity contribution >= 4 is 15.9 Å². The third-order valence-corrected chi connectivity index (χ3v) is 8.24. The molecular formula is C23H30N4O3S. The number of hydrogen-bond donors (Lipinski definition) is 2. The molecule has 0 unspecified atom stereocenters. The van der Waals surface area contributed by atoms with Gasteiger partial charge in [0.05, 0.1) is 24.1 Å². The maximum Gasteiger partial charge on any atom is 0.243 e. The first-order valence-electron chi connectivity index (χ1n) is 10.7. The highest BCUT2D eigenvalue weighted by atomic mass is 32.2. The normalized spacial score (nSPS) is 19.1. The molecule has 7 nitrogen and oxygen atoms in total. The lowest BCUT2D eigenvalue weighted by molar-refractivity contribution is 0.241. The zero-order valence-corrected chi connectivity index (χ0v) is 18.9. The van der Waals surface area contributed by atoms with Crippen molar-refractivity contribution in [1.82, 2.24) is 14.9 Å². The van der Waals surface area contributed by atoms with Crippen LogP contribution in [0.2, 0.25) is 0 Å². The molecule has 8 heteroatoms. The molecule has 0 aromatic heterocycles. The molecule has 0 aliphatic carbocycles. The van der Waals surface area contributed by atoms with Crippen LogP contribution in [0.3, 0.4) is 0 Å². The summed E-state index contributed by atoms with van der Waals surface area (Å²) in [4.78, 5) is 5.16. The molecule has 31 heavy (non-hydrogen) atoms. The standard InChI is InChI=1S/C23H30N4O3S/c1-18-6-3-4-9-21(18)31(28,29)27-14-10-23(11-15-27)22(24-12-13-26-23)25-17-19-7-5-8-20(16-19)30-2/h3-9,16,26H,10-15,17H2,1-2H3,(H,24,25). The maximum absolute atomic E-state index is 13.2. The molecule has 2 aliphatic rings. The fourth-order valence-electron chi connectivity index (χ4n) is 4.40. The first-order chi connectivity index (χ1) is 14.9. The van der Waals surface area contributed by atoms with Crippen LogP contribution in [0.25, 0.3) is 0 Å². The Bertz CT molecular complexity index is 1060. The predicted molar refractivity (Wildman–Crippen MR) is 122 cm³/mol. The number of benzene rings is 2. The van der Waals surface area contributed by atoms with Gasteiger partial charge in [-0.05, 0) is 49.1 Å². The number of aryl methyl sites for hydroxylation is 1. The Morgan fingerprint density at radius 3 is 2.68 bits per heavy atom. The van der Waals surface area contributed by atoms with E-state index in [1.54, 1.807) is 23.5 Å². The lowest BCUT2D eigenvalue weighted by atomic mass is 9.85. The van der Waals surface area contributed by atoms with Gasteiger partial charge >= 0.3 is 0 Å². The number of ether oxygens (including phenoxy) is 1. The Morgan fingerprint density at radius 1 is 1.16 bits per heavy atom. The first kappa shape index (κ1) is 21.8. The minimum Gasteiger partial charge on any atom is -0.497 e. The average Bonchev–Trinajstić information content (AvgIpc) is 2.79. The Kier molecular flexibility index (Phi) is 6.31. The summed E-state index contributed by atoms with van der Waals surface area (Å²) in [7, 11) is -1.83. The molecule has 2 N–H and O–H groups in total. The van der Waals surface area contributed by atoms with Crippen molar-refractivity contribution in [3.63, 3.8) is 0 Å². The summed E-state index contributed by atoms with van der Waals surface area (Å²) in [5, 5.41) is 7.14. The molecule has 1 saturated heterocycles. The van der Waals surface area contributed by atoms with E-state index in [1.807, 2.05) is 37.3 Å². The van der Waals surface area contributed by atoms with Gasteiger partial charge in [-0.2, -0.15) is 4.31 Å². The number of methoxy groups -OCH3 is 1. The van der Waals surface area contributed by atoms with Gasteiger partial charge in [0, 0.05) is 26.2 Å². The van der Waals surface area contributed by atoms with Gasteiger partial charge in [0.15, 0.2) is 0 Å². The van der Waals surface area contributed by atoms with Crippen molar-refractivity contribution in [1.29, 1.82) is 0 Å². The van der Waals surface area contributed by atoms with Gasteiger partial charge in [-0.25, -0.2) is 8.42 Å². The summed E-state index contributed by atoms with van der Waals surface area (Å²) in [5.41, 5.74) is 1.58. The number of rotatable bonds is 5. The summed E-state index contributed by atoms with van der Waals surface area (Å²) < 4.78 is 33.3. The third kappa shape index (κ3) is 4.46. The van der Waals surface area contributed by atoms with E-state index in [1.165, 1.54) is 0 Å². The van der Waals surface area contributed by atoms with Crippen LogP contribution < -0.4 is 15.4 Å². The second kappa shape index (κ2) is 8.98. The Morgan fingerprint density at radius 2 is 1.94 bits per heavy atom. The van der Waals surface area contributed by atoms with Crippen molar-refractivity contribution in [2.45, 2.75) is 36.7 Å². The average molecular weight is 443 g/mol. The molecule has 0 radical (unpaired) electrons. The number of hydrogen-bond acceptors (Lipinski definition) is 6. The topological polar surface area (TPSA) is 83.0 Å². The molecule has 2 aromatic carbocycles. The van der Waals surface area contributed by atoms with Gasteiger partial charge in [-0.15, -0.1) is 0 Å². The van der Waals surface area contributed by atoms with E-state index in [9.17, 15) is 8.42 Å². The highest BCUT2D eigenvalue weighted by Gasteiger charge is 2.43. The largest absolute Gasteiger partial charge is 0.497 e. The maximum atomic E-state index is 13.2. The lowest BCUT2D eigenvalue weighted by Gasteiger charge is -2.44. The summed E-state index contributed by atoms with van der Waals surface area (Å²) in [6.45, 7) is 4.92. The highest BCUT2D eigenvalue weighted by Crippen LogP contribution is 2.30. The van der Waals surface area contributed by atoms with Crippen molar-refractivity contribution in [2.75, 3.05) is 33.3 Å². The van der Waals surface area contributed by atoms with Crippen LogP contribution in [-0.4, -0.2) is 57.4 Å². The molecular weight excluding hydrogens is 412 g/mol. The second-order valence-corrected chi connectivity index (χ2v) is 10.0. The second-order valence-electron chi connectivity index (χ2n) is 8.11. The van der Waals surface area contributed by atoms with E-state index in [2.05, 4.69) is 16.7 Å². The van der Waals surface area contributed by atoms with Gasteiger partial charge in [0.1, 0.15) is 11.6 Å². The van der Waals surface area contributed by atoms with Crippen molar-refractivity contribution < 1.29 is 13.2 Å². The predicted octanol–water partition coefficient (Wildman–Crippen LogP) is 2.32. The van der Waals surface area contributed by atoms with Crippen LogP contribution in [0.1, 0.15) is 24.0 Å².